The van der Waals surface area contributed by atoms with Crippen LogP contribution in [-0.2, 0) is 13.1 Å². The van der Waals surface area contributed by atoms with Gasteiger partial charge in [0.25, 0.3) is 6.33 Å². The van der Waals surface area contributed by atoms with Crippen LogP contribution in [0.15, 0.2) is 102 Å². The zero-order chi connectivity index (χ0) is 20.3. The Kier molecular flexibility index (Phi) is 6.09. The van der Waals surface area contributed by atoms with Gasteiger partial charge >= 0.3 is 0 Å². The van der Waals surface area contributed by atoms with E-state index in [1.54, 1.807) is 10.9 Å². The number of ketones is 1. The maximum atomic E-state index is 12.5. The number of nitrogens with zero attached hydrogens (tertiary/aromatic N) is 3. The molecule has 0 aliphatic heterocycles. The molecule has 2 aromatic heterocycles. The third kappa shape index (κ3) is 4.34. The van der Waals surface area contributed by atoms with Gasteiger partial charge in [-0.05, 0) is 6.07 Å². The molecule has 0 radical (unpaired) electrons. The molecule has 0 aliphatic carbocycles. The molecule has 0 saturated carbocycles. The van der Waals surface area contributed by atoms with Gasteiger partial charge in [0.2, 0.25) is 6.33 Å². The number of benzene rings is 3. The zero-order valence-electron chi connectivity index (χ0n) is 16.7. The number of carbonyl (C=O) groups excluding carboxylic acids is 1. The van der Waals surface area contributed by atoms with Crippen LogP contribution in [0.1, 0.15) is 15.9 Å². The zero-order valence-corrected chi connectivity index (χ0v) is 18.3. The number of Topliss-reactive ketones (excluding diaryl/α,β-unsaturated/α-hetero) is 1. The molecule has 2 heterocycles. The lowest BCUT2D eigenvalue weighted by Gasteiger charge is -2.01. The van der Waals surface area contributed by atoms with E-state index < -0.39 is 0 Å². The number of fused-ring (bicyclic) bond motifs is 1. The molecule has 0 aliphatic rings. The quantitative estimate of drug-likeness (QED) is 0.277. The minimum Gasteiger partial charge on any atom is -1.00 e. The molecule has 0 N–H and O–H groups in total. The van der Waals surface area contributed by atoms with Crippen molar-refractivity contribution < 1.29 is 30.8 Å². The Morgan fingerprint density at radius 1 is 0.903 bits per heavy atom. The van der Waals surface area contributed by atoms with Crippen LogP contribution < -0.4 is 21.5 Å². The maximum absolute atomic E-state index is 12.5. The van der Waals surface area contributed by atoms with Gasteiger partial charge in [0.15, 0.2) is 5.78 Å². The lowest BCUT2D eigenvalue weighted by molar-refractivity contribution is -0.683. The summed E-state index contributed by atoms with van der Waals surface area (Å²) in [5.74, 6) is 0.901. The van der Waals surface area contributed by atoms with Crippen LogP contribution in [0.4, 0.5) is 0 Å². The average Bonchev–Trinajstić information content (AvgIpc) is 3.40. The summed E-state index contributed by atoms with van der Waals surface area (Å²) >= 11 is 0. The molecule has 154 valence electrons. The van der Waals surface area contributed by atoms with Crippen LogP contribution in [0.25, 0.3) is 22.3 Å². The molecule has 0 unspecified atom stereocenters. The topological polar surface area (TPSA) is 51.9 Å². The summed E-state index contributed by atoms with van der Waals surface area (Å²) in [6, 6.07) is 27.4. The van der Waals surface area contributed by atoms with Crippen LogP contribution in [0, 0.1) is 0 Å². The molecule has 5 rings (SSSR count). The van der Waals surface area contributed by atoms with E-state index in [9.17, 15) is 4.79 Å². The first-order valence-electron chi connectivity index (χ1n) is 9.83. The summed E-state index contributed by atoms with van der Waals surface area (Å²) in [6.07, 6.45) is 3.54. The molecule has 3 aromatic carbocycles. The van der Waals surface area contributed by atoms with Crippen LogP contribution >= 0.6 is 0 Å². The average molecular weight is 474 g/mol. The first kappa shape index (κ1) is 20.8. The monoisotopic (exact) mass is 473 g/mol. The largest absolute Gasteiger partial charge is 1.00 e. The van der Waals surface area contributed by atoms with E-state index >= 15 is 0 Å². The van der Waals surface area contributed by atoms with Crippen LogP contribution in [0.5, 0.6) is 0 Å². The summed E-state index contributed by atoms with van der Waals surface area (Å²) in [5.41, 5.74) is 3.65. The van der Waals surface area contributed by atoms with E-state index in [0.717, 1.165) is 27.9 Å². The van der Waals surface area contributed by atoms with Gasteiger partial charge in [0.1, 0.15) is 24.4 Å². The number of carbonyl (C=O) groups is 1. The van der Waals surface area contributed by atoms with Crippen molar-refractivity contribution in [1.82, 2.24) is 9.78 Å². The lowest BCUT2D eigenvalue weighted by atomic mass is 10.1. The van der Waals surface area contributed by atoms with Gasteiger partial charge in [-0.1, -0.05) is 78.9 Å². The lowest BCUT2D eigenvalue weighted by Crippen LogP contribution is -3.00. The molecule has 5 nitrogen and oxygen atoms in total. The van der Waals surface area contributed by atoms with Crippen LogP contribution in [0.3, 0.4) is 0 Å². The predicted octanol–water partition coefficient (Wildman–Crippen LogP) is 1.52. The van der Waals surface area contributed by atoms with E-state index in [0.29, 0.717) is 12.1 Å². The summed E-state index contributed by atoms with van der Waals surface area (Å²) in [7, 11) is 0. The molecular formula is C25H20BrN3O2. The van der Waals surface area contributed by atoms with Crippen LogP contribution in [0.2, 0.25) is 0 Å². The number of halogens is 1. The van der Waals surface area contributed by atoms with Gasteiger partial charge < -0.3 is 21.4 Å². The molecule has 0 atom stereocenters. The number of aromatic nitrogens is 3. The molecule has 0 spiro atoms. The molecule has 5 aromatic rings. The fourth-order valence-electron chi connectivity index (χ4n) is 3.65. The molecule has 6 heteroatoms. The van der Waals surface area contributed by atoms with Crippen molar-refractivity contribution in [2.45, 2.75) is 13.1 Å². The van der Waals surface area contributed by atoms with Crippen molar-refractivity contribution in [3.8, 4) is 11.3 Å². The van der Waals surface area contributed by atoms with Gasteiger partial charge in [-0.25, -0.2) is 4.57 Å². The van der Waals surface area contributed by atoms with Crippen molar-refractivity contribution in [2.24, 2.45) is 0 Å². The molecule has 0 amide bonds. The highest BCUT2D eigenvalue weighted by Crippen LogP contribution is 2.33. The van der Waals surface area contributed by atoms with E-state index in [1.807, 2.05) is 89.9 Å². The van der Waals surface area contributed by atoms with Crippen molar-refractivity contribution in [2.75, 3.05) is 0 Å². The van der Waals surface area contributed by atoms with E-state index in [2.05, 4.69) is 11.2 Å². The van der Waals surface area contributed by atoms with Crippen molar-refractivity contribution in [3.63, 3.8) is 0 Å². The van der Waals surface area contributed by atoms with Gasteiger partial charge in [-0.2, -0.15) is 0 Å². The Bertz CT molecular complexity index is 1310. The minimum absolute atomic E-state index is 0. The fraction of sp³-hybridized carbons (Fsp3) is 0.0800. The maximum Gasteiger partial charge on any atom is 0.265 e. The third-order valence-electron chi connectivity index (χ3n) is 5.11. The number of hydrogen-bond donors (Lipinski definition) is 0. The molecule has 0 bridgehead atoms. The molecule has 0 saturated heterocycles. The van der Waals surface area contributed by atoms with Gasteiger partial charge in [-0.15, -0.1) is 4.68 Å². The predicted molar refractivity (Wildman–Crippen MR) is 114 cm³/mol. The third-order valence-corrected chi connectivity index (χ3v) is 5.11. The number of rotatable bonds is 6. The second kappa shape index (κ2) is 9.10. The second-order valence-electron chi connectivity index (χ2n) is 7.18. The highest BCUT2D eigenvalue weighted by Gasteiger charge is 2.19. The number of furan rings is 1. The van der Waals surface area contributed by atoms with Gasteiger partial charge in [0.05, 0.1) is 0 Å². The van der Waals surface area contributed by atoms with Crippen molar-refractivity contribution in [1.29, 1.82) is 0 Å². The van der Waals surface area contributed by atoms with E-state index in [4.69, 9.17) is 4.42 Å². The van der Waals surface area contributed by atoms with E-state index in [1.165, 1.54) is 0 Å². The van der Waals surface area contributed by atoms with Crippen LogP contribution in [-0.4, -0.2) is 15.6 Å². The molecule has 31 heavy (non-hydrogen) atoms. The standard InChI is InChI=1S/C25H20N3O2.BrH/c29-23(19-9-3-1-4-10-19)16-27-17-26-28(18-27)15-22-21-13-7-8-14-24(21)30-25(22)20-11-5-2-6-12-20;/h1-14,17-18H,15-16H2;1H/q+1;/p-1. The summed E-state index contributed by atoms with van der Waals surface area (Å²) in [5, 5.41) is 5.53. The number of hydrogen-bond acceptors (Lipinski definition) is 3. The Balaban J connectivity index is 0.00000231. The Morgan fingerprint density at radius 3 is 2.35 bits per heavy atom. The Hall–Kier alpha value is -3.51. The first-order chi connectivity index (χ1) is 14.8. The number of para-hydroxylation sites is 1. The van der Waals surface area contributed by atoms with Crippen molar-refractivity contribution >= 4 is 16.8 Å². The summed E-state index contributed by atoms with van der Waals surface area (Å²) < 4.78 is 9.83. The Morgan fingerprint density at radius 2 is 1.58 bits per heavy atom. The molecule has 0 fully saturated rings. The minimum atomic E-state index is 0. The highest BCUT2D eigenvalue weighted by atomic mass is 79.9. The summed E-state index contributed by atoms with van der Waals surface area (Å²) in [4.78, 5) is 12.5. The Labute approximate surface area is 190 Å². The molecular weight excluding hydrogens is 454 g/mol. The second-order valence-corrected chi connectivity index (χ2v) is 7.18. The van der Waals surface area contributed by atoms with E-state index in [-0.39, 0.29) is 29.3 Å². The van der Waals surface area contributed by atoms with Gasteiger partial charge in [-0.3, -0.25) is 4.79 Å². The van der Waals surface area contributed by atoms with Crippen molar-refractivity contribution in [3.05, 3.63) is 109 Å². The highest BCUT2D eigenvalue weighted by molar-refractivity contribution is 5.95. The SMILES string of the molecule is O=C(C[n+]1cnn(Cc2c(-c3ccccc3)oc3ccccc23)c1)c1ccccc1.[Br-]. The first-order valence-corrected chi connectivity index (χ1v) is 9.83. The normalized spacial score (nSPS) is 10.7. The summed E-state index contributed by atoms with van der Waals surface area (Å²) in [6.45, 7) is 0.801. The fourth-order valence-corrected chi connectivity index (χ4v) is 3.65. The smallest absolute Gasteiger partial charge is 0.265 e. The van der Waals surface area contributed by atoms with Gasteiger partial charge in [0, 0.05) is 27.2 Å².